The van der Waals surface area contributed by atoms with E-state index in [2.05, 4.69) is 15.6 Å². The second-order valence-corrected chi connectivity index (χ2v) is 7.11. The third-order valence-electron chi connectivity index (χ3n) is 4.69. The highest BCUT2D eigenvalue weighted by Gasteiger charge is 2.40. The van der Waals surface area contributed by atoms with E-state index in [-0.39, 0.29) is 29.8 Å². The summed E-state index contributed by atoms with van der Waals surface area (Å²) < 4.78 is 23.9. The molecule has 7 nitrogen and oxygen atoms in total. The van der Waals surface area contributed by atoms with E-state index in [0.717, 1.165) is 25.3 Å². The maximum atomic E-state index is 13.5. The molecule has 28 heavy (non-hydrogen) atoms. The van der Waals surface area contributed by atoms with Gasteiger partial charge in [-0.1, -0.05) is 30.9 Å². The van der Waals surface area contributed by atoms with Gasteiger partial charge in [-0.3, -0.25) is 9.59 Å². The van der Waals surface area contributed by atoms with Crippen molar-refractivity contribution in [2.45, 2.75) is 44.2 Å². The van der Waals surface area contributed by atoms with Crippen LogP contribution in [0, 0.1) is 5.82 Å². The zero-order valence-electron chi connectivity index (χ0n) is 15.2. The van der Waals surface area contributed by atoms with Crippen LogP contribution in [0.2, 0.25) is 5.02 Å². The smallest absolute Gasteiger partial charge is 0.258 e. The van der Waals surface area contributed by atoms with Crippen LogP contribution < -0.4 is 15.4 Å². The lowest BCUT2D eigenvalue weighted by Crippen LogP contribution is -2.60. The van der Waals surface area contributed by atoms with Crippen LogP contribution in [0.4, 0.5) is 4.39 Å². The summed E-state index contributed by atoms with van der Waals surface area (Å²) in [6.07, 6.45) is 6.56. The fraction of sp³-hybridized carbons (Fsp3) is 0.421. The maximum Gasteiger partial charge on any atom is 0.258 e. The third kappa shape index (κ3) is 5.01. The number of nitrogens with one attached hydrogen (secondary N) is 2. The van der Waals surface area contributed by atoms with Crippen molar-refractivity contribution >= 4 is 23.4 Å². The van der Waals surface area contributed by atoms with Crippen molar-refractivity contribution in [3.8, 4) is 5.75 Å². The van der Waals surface area contributed by atoms with Crippen LogP contribution in [0.1, 0.15) is 37.9 Å². The molecule has 0 unspecified atom stereocenters. The Kier molecular flexibility index (Phi) is 6.51. The number of hydrogen-bond donors (Lipinski definition) is 2. The second-order valence-electron chi connectivity index (χ2n) is 6.71. The Balaban J connectivity index is 1.59. The normalized spacial score (nSPS) is 15.6. The number of carbonyl (C=O) groups excluding carboxylic acids is 2. The Labute approximate surface area is 166 Å². The monoisotopic (exact) mass is 409 g/mol. The van der Waals surface area contributed by atoms with Crippen molar-refractivity contribution in [1.29, 1.82) is 0 Å². The minimum atomic E-state index is -0.996. The zero-order chi connectivity index (χ0) is 20.0. The van der Waals surface area contributed by atoms with Gasteiger partial charge in [0.05, 0.1) is 17.8 Å². The Morgan fingerprint density at radius 1 is 1.29 bits per heavy atom. The number of halogens is 2. The molecule has 1 fully saturated rings. The molecule has 1 saturated carbocycles. The number of nitrogens with zero attached hydrogens (tertiary/aromatic N) is 1. The van der Waals surface area contributed by atoms with Gasteiger partial charge < -0.3 is 19.8 Å². The van der Waals surface area contributed by atoms with E-state index in [1.54, 1.807) is 0 Å². The molecule has 2 amide bonds. The fourth-order valence-corrected chi connectivity index (χ4v) is 3.37. The summed E-state index contributed by atoms with van der Waals surface area (Å²) in [6, 6.07) is 3.93. The summed E-state index contributed by atoms with van der Waals surface area (Å²) in [5.74, 6) is -0.639. The number of ether oxygens (including phenoxy) is 1. The van der Waals surface area contributed by atoms with Crippen molar-refractivity contribution in [2.24, 2.45) is 0 Å². The van der Waals surface area contributed by atoms with Gasteiger partial charge in [0, 0.05) is 6.07 Å². The van der Waals surface area contributed by atoms with E-state index in [0.29, 0.717) is 18.6 Å². The molecule has 1 aromatic carbocycles. The number of rotatable bonds is 7. The predicted molar refractivity (Wildman–Crippen MR) is 99.2 cm³/mol. The lowest BCUT2D eigenvalue weighted by Gasteiger charge is -2.36. The first-order chi connectivity index (χ1) is 13.5. The molecule has 0 atom stereocenters. The van der Waals surface area contributed by atoms with E-state index in [1.165, 1.54) is 24.7 Å². The van der Waals surface area contributed by atoms with Gasteiger partial charge in [-0.25, -0.2) is 9.37 Å². The van der Waals surface area contributed by atoms with E-state index < -0.39 is 17.3 Å². The summed E-state index contributed by atoms with van der Waals surface area (Å²) in [5.41, 5.74) is -0.996. The lowest BCUT2D eigenvalue weighted by molar-refractivity contribution is -0.136. The molecular weight excluding hydrogens is 389 g/mol. The molecule has 9 heteroatoms. The number of hydrogen-bond acceptors (Lipinski definition) is 5. The van der Waals surface area contributed by atoms with Gasteiger partial charge in [-0.05, 0) is 25.0 Å². The van der Waals surface area contributed by atoms with Gasteiger partial charge in [0.1, 0.15) is 22.9 Å². The molecule has 0 spiro atoms. The van der Waals surface area contributed by atoms with Crippen LogP contribution in [-0.2, 0) is 16.1 Å². The van der Waals surface area contributed by atoms with Crippen molar-refractivity contribution in [3.05, 3.63) is 47.4 Å². The van der Waals surface area contributed by atoms with Crippen molar-refractivity contribution < 1.29 is 23.1 Å². The number of benzene rings is 1. The quantitative estimate of drug-likeness (QED) is 0.733. The van der Waals surface area contributed by atoms with Gasteiger partial charge in [-0.15, -0.1) is 0 Å². The van der Waals surface area contributed by atoms with Gasteiger partial charge in [0.15, 0.2) is 13.0 Å². The molecule has 2 aromatic rings. The van der Waals surface area contributed by atoms with Gasteiger partial charge in [0.25, 0.3) is 5.91 Å². The predicted octanol–water partition coefficient (Wildman–Crippen LogP) is 2.98. The first kappa shape index (κ1) is 20.1. The summed E-state index contributed by atoms with van der Waals surface area (Å²) >= 11 is 5.63. The summed E-state index contributed by atoms with van der Waals surface area (Å²) in [4.78, 5) is 29.0. The first-order valence-corrected chi connectivity index (χ1v) is 9.41. The SMILES string of the molecule is O=C(COc1ccc(Cl)c(F)c1)NC1(C(=O)NCc2cnco2)CCCCC1. The van der Waals surface area contributed by atoms with Crippen LogP contribution in [0.3, 0.4) is 0 Å². The first-order valence-electron chi connectivity index (χ1n) is 9.03. The van der Waals surface area contributed by atoms with Gasteiger partial charge >= 0.3 is 0 Å². The molecule has 1 aromatic heterocycles. The van der Waals surface area contributed by atoms with Crippen LogP contribution in [-0.4, -0.2) is 28.9 Å². The summed E-state index contributed by atoms with van der Waals surface area (Å²) in [7, 11) is 0. The molecule has 0 radical (unpaired) electrons. The largest absolute Gasteiger partial charge is 0.484 e. The molecule has 0 saturated heterocycles. The van der Waals surface area contributed by atoms with Crippen LogP contribution in [0.15, 0.2) is 35.2 Å². The Bertz CT molecular complexity index is 823. The molecular formula is C19H21ClFN3O4. The number of carbonyl (C=O) groups is 2. The number of aromatic nitrogens is 1. The van der Waals surface area contributed by atoms with Crippen molar-refractivity contribution in [1.82, 2.24) is 15.6 Å². The highest BCUT2D eigenvalue weighted by molar-refractivity contribution is 6.30. The summed E-state index contributed by atoms with van der Waals surface area (Å²) in [6.45, 7) is -0.144. The van der Waals surface area contributed by atoms with E-state index in [9.17, 15) is 14.0 Å². The van der Waals surface area contributed by atoms with Crippen LogP contribution in [0.25, 0.3) is 0 Å². The Hall–Kier alpha value is -2.61. The second kappa shape index (κ2) is 9.05. The highest BCUT2D eigenvalue weighted by atomic mass is 35.5. The molecule has 1 aliphatic rings. The van der Waals surface area contributed by atoms with E-state index in [4.69, 9.17) is 20.8 Å². The van der Waals surface area contributed by atoms with E-state index in [1.807, 2.05) is 0 Å². The fourth-order valence-electron chi connectivity index (χ4n) is 3.25. The van der Waals surface area contributed by atoms with E-state index >= 15 is 0 Å². The van der Waals surface area contributed by atoms with Crippen molar-refractivity contribution in [3.63, 3.8) is 0 Å². The molecule has 1 heterocycles. The molecule has 150 valence electrons. The molecule has 1 aliphatic carbocycles. The van der Waals surface area contributed by atoms with Crippen LogP contribution >= 0.6 is 11.6 Å². The average Bonchev–Trinajstić information content (AvgIpc) is 3.21. The summed E-state index contributed by atoms with van der Waals surface area (Å²) in [5, 5.41) is 5.59. The highest BCUT2D eigenvalue weighted by Crippen LogP contribution is 2.29. The number of oxazole rings is 1. The minimum absolute atomic E-state index is 0.0265. The lowest BCUT2D eigenvalue weighted by atomic mass is 9.80. The zero-order valence-corrected chi connectivity index (χ0v) is 15.9. The van der Waals surface area contributed by atoms with Crippen LogP contribution in [0.5, 0.6) is 5.75 Å². The molecule has 0 aliphatic heterocycles. The van der Waals surface area contributed by atoms with Gasteiger partial charge in [0.2, 0.25) is 5.91 Å². The minimum Gasteiger partial charge on any atom is -0.484 e. The molecule has 0 bridgehead atoms. The average molecular weight is 410 g/mol. The van der Waals surface area contributed by atoms with Gasteiger partial charge in [-0.2, -0.15) is 0 Å². The number of amides is 2. The molecule has 2 N–H and O–H groups in total. The standard InChI is InChI=1S/C19H21ClFN3O4/c20-15-5-4-13(8-16(15)21)27-11-17(25)24-19(6-2-1-3-7-19)18(26)23-10-14-9-22-12-28-14/h4-5,8-9,12H,1-3,6-7,10-11H2,(H,23,26)(H,24,25). The Morgan fingerprint density at radius 2 is 2.07 bits per heavy atom. The third-order valence-corrected chi connectivity index (χ3v) is 4.99. The van der Waals surface area contributed by atoms with Crippen molar-refractivity contribution in [2.75, 3.05) is 6.61 Å². The maximum absolute atomic E-state index is 13.5. The Morgan fingerprint density at radius 3 is 2.75 bits per heavy atom. The molecule has 3 rings (SSSR count). The topological polar surface area (TPSA) is 93.5 Å².